The average Bonchev–Trinajstić information content (AvgIpc) is 2.24. The first-order chi connectivity index (χ1) is 7.92. The van der Waals surface area contributed by atoms with Gasteiger partial charge in [-0.25, -0.2) is 0 Å². The van der Waals surface area contributed by atoms with Crippen molar-refractivity contribution in [2.24, 2.45) is 0 Å². The quantitative estimate of drug-likeness (QED) is 0.735. The second-order valence-corrected chi connectivity index (χ2v) is 4.31. The van der Waals surface area contributed by atoms with E-state index in [9.17, 15) is 18.0 Å². The summed E-state index contributed by atoms with van der Waals surface area (Å²) in [6.07, 6.45) is -4.66. The molecule has 0 unspecified atom stereocenters. The fraction of sp³-hybridized carbons (Fsp3) is 0.900. The number of alkyl halides is 4. The third-order valence-corrected chi connectivity index (χ3v) is 2.73. The fourth-order valence-corrected chi connectivity index (χ4v) is 1.86. The summed E-state index contributed by atoms with van der Waals surface area (Å²) in [6, 6.07) is 0. The highest BCUT2D eigenvalue weighted by Crippen LogP contribution is 2.22. The molecular weight excluding hydrogens is 259 g/mol. The Labute approximate surface area is 103 Å². The van der Waals surface area contributed by atoms with Crippen LogP contribution in [0.15, 0.2) is 0 Å². The number of ether oxygens (including phenoxy) is 1. The highest BCUT2D eigenvalue weighted by atomic mass is 35.5. The van der Waals surface area contributed by atoms with E-state index in [-0.39, 0.29) is 6.10 Å². The van der Waals surface area contributed by atoms with Gasteiger partial charge >= 0.3 is 6.18 Å². The molecule has 0 bridgehead atoms. The van der Waals surface area contributed by atoms with E-state index in [4.69, 9.17) is 16.3 Å². The molecule has 100 valence electrons. The van der Waals surface area contributed by atoms with Crippen LogP contribution in [-0.4, -0.2) is 48.7 Å². The molecule has 1 heterocycles. The van der Waals surface area contributed by atoms with Crippen LogP contribution in [0.2, 0.25) is 0 Å². The van der Waals surface area contributed by atoms with Crippen molar-refractivity contribution in [3.05, 3.63) is 0 Å². The van der Waals surface area contributed by atoms with Crippen molar-refractivity contribution in [3.8, 4) is 0 Å². The molecule has 0 saturated carbocycles. The molecule has 1 fully saturated rings. The third-order valence-electron chi connectivity index (χ3n) is 2.58. The highest BCUT2D eigenvalue weighted by Gasteiger charge is 2.34. The molecule has 3 nitrogen and oxygen atoms in total. The standard InChI is InChI=1S/C10H15ClF3NO2/c11-3-6-17-8-1-4-15(5-2-8)9(16)7-10(12,13)14/h8H,1-7H2. The van der Waals surface area contributed by atoms with Crippen LogP contribution in [0.5, 0.6) is 0 Å². The molecule has 7 heteroatoms. The number of halogens is 4. The van der Waals surface area contributed by atoms with Crippen molar-refractivity contribution in [2.45, 2.75) is 31.5 Å². The first kappa shape index (κ1) is 14.6. The Hall–Kier alpha value is -0.490. The second kappa shape index (κ2) is 6.44. The van der Waals surface area contributed by atoms with E-state index in [1.807, 2.05) is 0 Å². The Balaban J connectivity index is 2.29. The number of rotatable bonds is 4. The van der Waals surface area contributed by atoms with Crippen LogP contribution in [0.25, 0.3) is 0 Å². The van der Waals surface area contributed by atoms with Crippen LogP contribution in [0.3, 0.4) is 0 Å². The number of hydrogen-bond donors (Lipinski definition) is 0. The summed E-state index contributed by atoms with van der Waals surface area (Å²) < 4.78 is 41.4. The van der Waals surface area contributed by atoms with Gasteiger partial charge in [0.05, 0.1) is 12.7 Å². The monoisotopic (exact) mass is 273 g/mol. The van der Waals surface area contributed by atoms with E-state index in [0.29, 0.717) is 38.4 Å². The third kappa shape index (κ3) is 5.59. The molecule has 17 heavy (non-hydrogen) atoms. The molecule has 0 N–H and O–H groups in total. The molecule has 1 amide bonds. The van der Waals surface area contributed by atoms with Crippen molar-refractivity contribution < 1.29 is 22.7 Å². The Morgan fingerprint density at radius 3 is 2.41 bits per heavy atom. The second-order valence-electron chi connectivity index (χ2n) is 3.93. The van der Waals surface area contributed by atoms with Gasteiger partial charge in [-0.15, -0.1) is 11.6 Å². The molecular formula is C10H15ClF3NO2. The minimum Gasteiger partial charge on any atom is -0.377 e. The Bertz CT molecular complexity index is 252. The lowest BCUT2D eigenvalue weighted by atomic mass is 10.1. The number of carbonyl (C=O) groups is 1. The summed E-state index contributed by atoms with van der Waals surface area (Å²) in [5.41, 5.74) is 0. The van der Waals surface area contributed by atoms with E-state index in [2.05, 4.69) is 0 Å². The van der Waals surface area contributed by atoms with Gasteiger partial charge in [-0.05, 0) is 12.8 Å². The molecule has 0 aliphatic carbocycles. The lowest BCUT2D eigenvalue weighted by Gasteiger charge is -2.32. The predicted molar refractivity (Wildman–Crippen MR) is 56.9 cm³/mol. The van der Waals surface area contributed by atoms with Gasteiger partial charge in [-0.2, -0.15) is 13.2 Å². The largest absolute Gasteiger partial charge is 0.397 e. The van der Waals surface area contributed by atoms with Crippen LogP contribution < -0.4 is 0 Å². The van der Waals surface area contributed by atoms with Crippen LogP contribution >= 0.6 is 11.6 Å². The summed E-state index contributed by atoms with van der Waals surface area (Å²) in [7, 11) is 0. The molecule has 0 atom stereocenters. The average molecular weight is 274 g/mol. The van der Waals surface area contributed by atoms with E-state index in [1.54, 1.807) is 0 Å². The van der Waals surface area contributed by atoms with Gasteiger partial charge in [0.15, 0.2) is 0 Å². The van der Waals surface area contributed by atoms with Gasteiger partial charge < -0.3 is 9.64 Å². The van der Waals surface area contributed by atoms with E-state index in [1.165, 1.54) is 4.90 Å². The number of carbonyl (C=O) groups excluding carboxylic acids is 1. The smallest absolute Gasteiger partial charge is 0.377 e. The first-order valence-electron chi connectivity index (χ1n) is 5.44. The minimum absolute atomic E-state index is 0.00341. The Morgan fingerprint density at radius 2 is 1.94 bits per heavy atom. The summed E-state index contributed by atoms with van der Waals surface area (Å²) >= 11 is 5.46. The van der Waals surface area contributed by atoms with Crippen LogP contribution in [0.1, 0.15) is 19.3 Å². The summed E-state index contributed by atoms with van der Waals surface area (Å²) in [4.78, 5) is 12.5. The number of likely N-dealkylation sites (tertiary alicyclic amines) is 1. The molecule has 0 aromatic carbocycles. The zero-order valence-corrected chi connectivity index (χ0v) is 10.1. The van der Waals surface area contributed by atoms with E-state index < -0.39 is 18.5 Å². The minimum atomic E-state index is -4.43. The summed E-state index contributed by atoms with van der Waals surface area (Å²) in [5, 5.41) is 0. The van der Waals surface area contributed by atoms with Gasteiger partial charge in [0.2, 0.25) is 5.91 Å². The normalized spacial score (nSPS) is 18.5. The molecule has 0 aromatic heterocycles. The maximum atomic E-state index is 12.0. The molecule has 1 saturated heterocycles. The zero-order chi connectivity index (χ0) is 12.9. The zero-order valence-electron chi connectivity index (χ0n) is 9.30. The van der Waals surface area contributed by atoms with Gasteiger partial charge in [-0.3, -0.25) is 4.79 Å². The SMILES string of the molecule is O=C(CC(F)(F)F)N1CCC(OCCCl)CC1. The molecule has 0 radical (unpaired) electrons. The number of piperidine rings is 1. The predicted octanol–water partition coefficient (Wildman–Crippen LogP) is 2.19. The maximum absolute atomic E-state index is 12.0. The highest BCUT2D eigenvalue weighted by molar-refractivity contribution is 6.17. The molecule has 1 rings (SSSR count). The molecule has 0 aromatic rings. The van der Waals surface area contributed by atoms with E-state index >= 15 is 0 Å². The van der Waals surface area contributed by atoms with Gasteiger partial charge in [0.25, 0.3) is 0 Å². The summed E-state index contributed by atoms with van der Waals surface area (Å²) in [5.74, 6) is -0.457. The topological polar surface area (TPSA) is 29.5 Å². The van der Waals surface area contributed by atoms with Crippen molar-refractivity contribution in [1.29, 1.82) is 0 Å². The number of amides is 1. The van der Waals surface area contributed by atoms with Crippen molar-refractivity contribution in [1.82, 2.24) is 4.90 Å². The van der Waals surface area contributed by atoms with Crippen molar-refractivity contribution in [2.75, 3.05) is 25.6 Å². The van der Waals surface area contributed by atoms with E-state index in [0.717, 1.165) is 0 Å². The van der Waals surface area contributed by atoms with Crippen molar-refractivity contribution in [3.63, 3.8) is 0 Å². The fourth-order valence-electron chi connectivity index (χ4n) is 1.77. The van der Waals surface area contributed by atoms with Gasteiger partial charge in [-0.1, -0.05) is 0 Å². The Kier molecular flexibility index (Phi) is 5.52. The summed E-state index contributed by atoms with van der Waals surface area (Å²) in [6.45, 7) is 1.08. The van der Waals surface area contributed by atoms with Gasteiger partial charge in [0.1, 0.15) is 6.42 Å². The molecule has 1 aliphatic heterocycles. The van der Waals surface area contributed by atoms with Crippen LogP contribution in [-0.2, 0) is 9.53 Å². The lowest BCUT2D eigenvalue weighted by molar-refractivity contribution is -0.162. The molecule has 0 spiro atoms. The van der Waals surface area contributed by atoms with Crippen molar-refractivity contribution >= 4 is 17.5 Å². The molecule has 1 aliphatic rings. The van der Waals surface area contributed by atoms with Gasteiger partial charge in [0, 0.05) is 19.0 Å². The van der Waals surface area contributed by atoms with Crippen LogP contribution in [0, 0.1) is 0 Å². The number of nitrogens with zero attached hydrogens (tertiary/aromatic N) is 1. The Morgan fingerprint density at radius 1 is 1.35 bits per heavy atom. The number of hydrogen-bond acceptors (Lipinski definition) is 2. The lowest BCUT2D eigenvalue weighted by Crippen LogP contribution is -2.42. The first-order valence-corrected chi connectivity index (χ1v) is 5.98. The maximum Gasteiger partial charge on any atom is 0.397 e. The van der Waals surface area contributed by atoms with Crippen LogP contribution in [0.4, 0.5) is 13.2 Å².